The number of ether oxygens (including phenoxy) is 2. The van der Waals surface area contributed by atoms with Crippen molar-refractivity contribution in [1.29, 1.82) is 0 Å². The highest BCUT2D eigenvalue weighted by Crippen LogP contribution is 2.29. The first-order valence-corrected chi connectivity index (χ1v) is 8.62. The minimum Gasteiger partial charge on any atom is -0.381 e. The lowest BCUT2D eigenvalue weighted by molar-refractivity contribution is 0.0224. The van der Waals surface area contributed by atoms with Gasteiger partial charge in [0.05, 0.1) is 5.60 Å². The number of hydrogen-bond donors (Lipinski definition) is 2. The lowest BCUT2D eigenvalue weighted by Crippen LogP contribution is -2.47. The molecule has 1 aromatic heterocycles. The van der Waals surface area contributed by atoms with E-state index in [0.717, 1.165) is 32.3 Å². The molecule has 0 aromatic carbocycles. The van der Waals surface area contributed by atoms with Crippen molar-refractivity contribution >= 4 is 6.03 Å². The van der Waals surface area contributed by atoms with E-state index in [1.807, 2.05) is 6.92 Å². The lowest BCUT2D eigenvalue weighted by Gasteiger charge is -2.29. The van der Waals surface area contributed by atoms with Crippen molar-refractivity contribution in [3.63, 3.8) is 0 Å². The molecule has 0 radical (unpaired) electrons. The topological polar surface area (TPSA) is 98.5 Å². The van der Waals surface area contributed by atoms with Gasteiger partial charge in [0, 0.05) is 26.4 Å². The van der Waals surface area contributed by atoms with Gasteiger partial charge in [0.1, 0.15) is 6.04 Å². The highest BCUT2D eigenvalue weighted by molar-refractivity contribution is 5.74. The van der Waals surface area contributed by atoms with Crippen LogP contribution in [-0.4, -0.2) is 48.1 Å². The fraction of sp³-hybridized carbons (Fsp3) is 0.812. The zero-order chi connectivity index (χ0) is 17.0. The summed E-state index contributed by atoms with van der Waals surface area (Å²) in [7, 11) is 0. The van der Waals surface area contributed by atoms with Crippen LogP contribution < -0.4 is 10.6 Å². The SMILES string of the molecule is Cc1noc(C(NC(=O)NCC2(C)CCCO2)C2CCOCC2)n1. The highest BCUT2D eigenvalue weighted by atomic mass is 16.5. The van der Waals surface area contributed by atoms with E-state index in [0.29, 0.717) is 31.5 Å². The molecule has 0 aliphatic carbocycles. The van der Waals surface area contributed by atoms with Gasteiger partial charge in [0.2, 0.25) is 5.89 Å². The molecule has 134 valence electrons. The number of amides is 2. The Hall–Kier alpha value is -1.67. The van der Waals surface area contributed by atoms with Gasteiger partial charge in [-0.15, -0.1) is 0 Å². The van der Waals surface area contributed by atoms with Gasteiger partial charge < -0.3 is 24.6 Å². The summed E-state index contributed by atoms with van der Waals surface area (Å²) >= 11 is 0. The first-order chi connectivity index (χ1) is 11.6. The Kier molecular flexibility index (Phi) is 5.35. The van der Waals surface area contributed by atoms with Crippen molar-refractivity contribution < 1.29 is 18.8 Å². The first kappa shape index (κ1) is 17.2. The molecule has 2 aliphatic heterocycles. The van der Waals surface area contributed by atoms with Crippen molar-refractivity contribution in [3.05, 3.63) is 11.7 Å². The second-order valence-corrected chi connectivity index (χ2v) is 6.84. The van der Waals surface area contributed by atoms with Crippen LogP contribution in [0.15, 0.2) is 4.52 Å². The van der Waals surface area contributed by atoms with Gasteiger partial charge in [0.25, 0.3) is 0 Å². The quantitative estimate of drug-likeness (QED) is 0.848. The summed E-state index contributed by atoms with van der Waals surface area (Å²) in [4.78, 5) is 16.7. The average molecular weight is 338 g/mol. The van der Waals surface area contributed by atoms with Crippen LogP contribution in [-0.2, 0) is 9.47 Å². The summed E-state index contributed by atoms with van der Waals surface area (Å²) in [5.74, 6) is 1.25. The highest BCUT2D eigenvalue weighted by Gasteiger charge is 2.33. The summed E-state index contributed by atoms with van der Waals surface area (Å²) in [5.41, 5.74) is -0.271. The van der Waals surface area contributed by atoms with Crippen LogP contribution in [0.5, 0.6) is 0 Å². The van der Waals surface area contributed by atoms with Gasteiger partial charge in [0.15, 0.2) is 5.82 Å². The molecular formula is C16H26N4O4. The van der Waals surface area contributed by atoms with Gasteiger partial charge in [-0.05, 0) is 45.4 Å². The molecule has 3 rings (SSSR count). The van der Waals surface area contributed by atoms with Crippen molar-refractivity contribution in [2.24, 2.45) is 5.92 Å². The number of rotatable bonds is 5. The molecule has 0 spiro atoms. The van der Waals surface area contributed by atoms with E-state index in [9.17, 15) is 4.79 Å². The smallest absolute Gasteiger partial charge is 0.315 e. The molecule has 24 heavy (non-hydrogen) atoms. The maximum Gasteiger partial charge on any atom is 0.315 e. The maximum absolute atomic E-state index is 12.4. The van der Waals surface area contributed by atoms with Crippen LogP contribution in [0.4, 0.5) is 4.79 Å². The number of carbonyl (C=O) groups excluding carboxylic acids is 1. The predicted molar refractivity (Wildman–Crippen MR) is 85.4 cm³/mol. The third kappa shape index (κ3) is 4.24. The average Bonchev–Trinajstić information content (AvgIpc) is 3.21. The number of aromatic nitrogens is 2. The Bertz CT molecular complexity index is 550. The van der Waals surface area contributed by atoms with E-state index in [4.69, 9.17) is 14.0 Å². The number of nitrogens with one attached hydrogen (secondary N) is 2. The molecule has 2 unspecified atom stereocenters. The van der Waals surface area contributed by atoms with E-state index in [-0.39, 0.29) is 23.6 Å². The van der Waals surface area contributed by atoms with Crippen LogP contribution in [0.2, 0.25) is 0 Å². The van der Waals surface area contributed by atoms with Gasteiger partial charge in [-0.2, -0.15) is 4.98 Å². The number of hydrogen-bond acceptors (Lipinski definition) is 6. The fourth-order valence-electron chi connectivity index (χ4n) is 3.31. The summed E-state index contributed by atoms with van der Waals surface area (Å²) in [5, 5.41) is 9.77. The van der Waals surface area contributed by atoms with E-state index in [2.05, 4.69) is 20.8 Å². The molecule has 2 amide bonds. The van der Waals surface area contributed by atoms with Crippen LogP contribution in [0, 0.1) is 12.8 Å². The number of aryl methyl sites for hydroxylation is 1. The number of nitrogens with zero attached hydrogens (tertiary/aromatic N) is 2. The molecule has 1 aromatic rings. The zero-order valence-corrected chi connectivity index (χ0v) is 14.3. The van der Waals surface area contributed by atoms with Crippen LogP contribution >= 0.6 is 0 Å². The van der Waals surface area contributed by atoms with Crippen LogP contribution in [0.25, 0.3) is 0 Å². The standard InChI is InChI=1S/C16H26N4O4/c1-11-18-14(24-20-11)13(12-4-8-22-9-5-12)19-15(21)17-10-16(2)6-3-7-23-16/h12-13H,3-10H2,1-2H3,(H2,17,19,21). The Morgan fingerprint density at radius 3 is 2.79 bits per heavy atom. The monoisotopic (exact) mass is 338 g/mol. The molecule has 2 atom stereocenters. The summed E-state index contributed by atoms with van der Waals surface area (Å²) in [6.45, 7) is 6.41. The third-order valence-electron chi connectivity index (χ3n) is 4.76. The predicted octanol–water partition coefficient (Wildman–Crippen LogP) is 1.71. The van der Waals surface area contributed by atoms with E-state index in [1.54, 1.807) is 6.92 Å². The number of carbonyl (C=O) groups is 1. The van der Waals surface area contributed by atoms with Crippen molar-refractivity contribution in [2.75, 3.05) is 26.4 Å². The summed E-state index contributed by atoms with van der Waals surface area (Å²) in [6.07, 6.45) is 3.70. The largest absolute Gasteiger partial charge is 0.381 e. The van der Waals surface area contributed by atoms with Gasteiger partial charge in [-0.1, -0.05) is 5.16 Å². The van der Waals surface area contributed by atoms with Gasteiger partial charge >= 0.3 is 6.03 Å². The molecular weight excluding hydrogens is 312 g/mol. The first-order valence-electron chi connectivity index (χ1n) is 8.62. The van der Waals surface area contributed by atoms with Crippen LogP contribution in [0.3, 0.4) is 0 Å². The Morgan fingerprint density at radius 2 is 2.17 bits per heavy atom. The minimum atomic E-state index is -0.299. The zero-order valence-electron chi connectivity index (χ0n) is 14.3. The fourth-order valence-corrected chi connectivity index (χ4v) is 3.31. The van der Waals surface area contributed by atoms with E-state index < -0.39 is 0 Å². The lowest BCUT2D eigenvalue weighted by atomic mass is 9.91. The number of urea groups is 1. The molecule has 8 heteroatoms. The van der Waals surface area contributed by atoms with E-state index >= 15 is 0 Å². The van der Waals surface area contributed by atoms with Crippen molar-refractivity contribution in [3.8, 4) is 0 Å². The van der Waals surface area contributed by atoms with Crippen LogP contribution in [0.1, 0.15) is 50.4 Å². The van der Waals surface area contributed by atoms with Gasteiger partial charge in [-0.25, -0.2) is 4.79 Å². The second-order valence-electron chi connectivity index (χ2n) is 6.84. The molecule has 0 bridgehead atoms. The molecule has 0 saturated carbocycles. The third-order valence-corrected chi connectivity index (χ3v) is 4.76. The Morgan fingerprint density at radius 1 is 1.38 bits per heavy atom. The van der Waals surface area contributed by atoms with E-state index in [1.165, 1.54) is 0 Å². The molecule has 8 nitrogen and oxygen atoms in total. The Balaban J connectivity index is 1.61. The molecule has 3 heterocycles. The minimum absolute atomic E-state index is 0.225. The molecule has 2 fully saturated rings. The second kappa shape index (κ2) is 7.48. The summed E-state index contributed by atoms with van der Waals surface area (Å²) in [6, 6.07) is -0.536. The molecule has 2 aliphatic rings. The van der Waals surface area contributed by atoms with Gasteiger partial charge in [-0.3, -0.25) is 0 Å². The molecule has 2 saturated heterocycles. The van der Waals surface area contributed by atoms with Crippen molar-refractivity contribution in [1.82, 2.24) is 20.8 Å². The summed E-state index contributed by atoms with van der Waals surface area (Å²) < 4.78 is 16.4. The van der Waals surface area contributed by atoms with Crippen molar-refractivity contribution in [2.45, 2.75) is 51.2 Å². The Labute approximate surface area is 141 Å². The maximum atomic E-state index is 12.4. The molecule has 2 N–H and O–H groups in total. The normalized spacial score (nSPS) is 26.2.